The molecule has 2 aromatic carbocycles. The summed E-state index contributed by atoms with van der Waals surface area (Å²) >= 11 is 0. The molecule has 1 aliphatic rings. The van der Waals surface area contributed by atoms with Gasteiger partial charge in [0.25, 0.3) is 0 Å². The smallest absolute Gasteiger partial charge is 0.229 e. The zero-order valence-electron chi connectivity index (χ0n) is 10.6. The summed E-state index contributed by atoms with van der Waals surface area (Å²) in [6.45, 7) is 0. The molecule has 2 N–H and O–H groups in total. The second-order valence-corrected chi connectivity index (χ2v) is 4.58. The first-order valence-corrected chi connectivity index (χ1v) is 6.22. The van der Waals surface area contributed by atoms with Crippen molar-refractivity contribution in [2.45, 2.75) is 6.42 Å². The topological polar surface area (TPSA) is 60.2 Å². The zero-order valence-corrected chi connectivity index (χ0v) is 10.6. The lowest BCUT2D eigenvalue weighted by Crippen LogP contribution is -2.08. The van der Waals surface area contributed by atoms with Crippen LogP contribution in [0.5, 0.6) is 0 Å². The molecule has 0 aromatic heterocycles. The van der Waals surface area contributed by atoms with Crippen molar-refractivity contribution in [3.05, 3.63) is 59.2 Å². The van der Waals surface area contributed by atoms with Crippen molar-refractivity contribution in [2.24, 2.45) is 5.73 Å². The Morgan fingerprint density at radius 2 is 1.70 bits per heavy atom. The van der Waals surface area contributed by atoms with Gasteiger partial charge in [-0.3, -0.25) is 9.59 Å². The lowest BCUT2D eigenvalue weighted by atomic mass is 10.0. The lowest BCUT2D eigenvalue weighted by Gasteiger charge is -1.99. The van der Waals surface area contributed by atoms with Gasteiger partial charge in [0.15, 0.2) is 5.78 Å². The van der Waals surface area contributed by atoms with Crippen LogP contribution in [0.1, 0.15) is 27.9 Å². The standard InChI is InChI=1S/C17H11NO2/c18-16(19)7-3-4-11-8-9-13-12-5-1-2-6-14(12)17(20)15(13)10-11/h1-2,5-6,8-10H,7H2,(H2,18,19). The van der Waals surface area contributed by atoms with Crippen molar-refractivity contribution in [3.63, 3.8) is 0 Å². The molecule has 2 aromatic rings. The Kier molecular flexibility index (Phi) is 2.85. The molecule has 0 bridgehead atoms. The molecule has 3 rings (SSSR count). The SMILES string of the molecule is NC(=O)CC#Cc1ccc2c(c1)C(=O)c1ccccc1-2. The van der Waals surface area contributed by atoms with E-state index >= 15 is 0 Å². The molecule has 3 heteroatoms. The second-order valence-electron chi connectivity index (χ2n) is 4.58. The van der Waals surface area contributed by atoms with E-state index in [4.69, 9.17) is 5.73 Å². The first-order valence-electron chi connectivity index (χ1n) is 6.22. The van der Waals surface area contributed by atoms with Gasteiger partial charge < -0.3 is 5.73 Å². The van der Waals surface area contributed by atoms with Crippen molar-refractivity contribution in [1.29, 1.82) is 0 Å². The summed E-state index contributed by atoms with van der Waals surface area (Å²) in [5.41, 5.74) is 9.03. The van der Waals surface area contributed by atoms with Crippen LogP contribution < -0.4 is 5.73 Å². The minimum absolute atomic E-state index is 0.0191. The number of amides is 1. The number of fused-ring (bicyclic) bond motifs is 3. The van der Waals surface area contributed by atoms with Gasteiger partial charge in [0.2, 0.25) is 5.91 Å². The molecule has 96 valence electrons. The first-order chi connectivity index (χ1) is 9.66. The molecular formula is C17H11NO2. The molecule has 1 aliphatic carbocycles. The van der Waals surface area contributed by atoms with Gasteiger partial charge in [-0.05, 0) is 23.3 Å². The number of carbonyl (C=O) groups excluding carboxylic acids is 2. The van der Waals surface area contributed by atoms with E-state index < -0.39 is 5.91 Å². The monoisotopic (exact) mass is 261 g/mol. The minimum atomic E-state index is -0.456. The number of nitrogens with two attached hydrogens (primary N) is 1. The van der Waals surface area contributed by atoms with Crippen LogP contribution in [0.2, 0.25) is 0 Å². The van der Waals surface area contributed by atoms with Gasteiger partial charge in [0, 0.05) is 16.7 Å². The molecule has 1 amide bonds. The molecule has 20 heavy (non-hydrogen) atoms. The summed E-state index contributed by atoms with van der Waals surface area (Å²) in [5.74, 6) is 5.11. The van der Waals surface area contributed by atoms with Gasteiger partial charge in [0.1, 0.15) is 0 Å². The predicted molar refractivity (Wildman–Crippen MR) is 76.0 cm³/mol. The molecule has 3 nitrogen and oxygen atoms in total. The number of carbonyl (C=O) groups is 2. The van der Waals surface area contributed by atoms with Crippen LogP contribution in [0.3, 0.4) is 0 Å². The fourth-order valence-electron chi connectivity index (χ4n) is 2.34. The fourth-order valence-corrected chi connectivity index (χ4v) is 2.34. The number of ketones is 1. The summed E-state index contributed by atoms with van der Waals surface area (Å²) < 4.78 is 0. The van der Waals surface area contributed by atoms with Crippen LogP contribution in [0, 0.1) is 11.8 Å². The van der Waals surface area contributed by atoms with Crippen LogP contribution in [-0.4, -0.2) is 11.7 Å². The third-order valence-corrected chi connectivity index (χ3v) is 3.22. The van der Waals surface area contributed by atoms with E-state index in [1.165, 1.54) is 0 Å². The Morgan fingerprint density at radius 3 is 2.45 bits per heavy atom. The average molecular weight is 261 g/mol. The van der Waals surface area contributed by atoms with Gasteiger partial charge in [0.05, 0.1) is 6.42 Å². The minimum Gasteiger partial charge on any atom is -0.369 e. The molecule has 0 atom stereocenters. The van der Waals surface area contributed by atoms with Crippen LogP contribution in [-0.2, 0) is 4.79 Å². The van der Waals surface area contributed by atoms with Crippen LogP contribution in [0.4, 0.5) is 0 Å². The van der Waals surface area contributed by atoms with Gasteiger partial charge >= 0.3 is 0 Å². The van der Waals surface area contributed by atoms with E-state index in [0.29, 0.717) is 11.1 Å². The maximum atomic E-state index is 12.3. The Labute approximate surface area is 116 Å². The van der Waals surface area contributed by atoms with Crippen molar-refractivity contribution in [2.75, 3.05) is 0 Å². The quantitative estimate of drug-likeness (QED) is 0.682. The number of hydrogen-bond acceptors (Lipinski definition) is 2. The Bertz CT molecular complexity index is 794. The summed E-state index contributed by atoms with van der Waals surface area (Å²) in [7, 11) is 0. The molecule has 0 aliphatic heterocycles. The molecule has 0 spiro atoms. The highest BCUT2D eigenvalue weighted by atomic mass is 16.1. The third-order valence-electron chi connectivity index (χ3n) is 3.22. The second kappa shape index (κ2) is 4.67. The Morgan fingerprint density at radius 1 is 1.00 bits per heavy atom. The van der Waals surface area contributed by atoms with E-state index in [1.807, 2.05) is 36.4 Å². The van der Waals surface area contributed by atoms with Gasteiger partial charge in [-0.25, -0.2) is 0 Å². The third kappa shape index (κ3) is 1.98. The lowest BCUT2D eigenvalue weighted by molar-refractivity contribution is -0.117. The van der Waals surface area contributed by atoms with E-state index in [1.54, 1.807) is 6.07 Å². The highest BCUT2D eigenvalue weighted by molar-refractivity contribution is 6.21. The van der Waals surface area contributed by atoms with E-state index in [0.717, 1.165) is 16.7 Å². The Balaban J connectivity index is 2.02. The summed E-state index contributed by atoms with van der Waals surface area (Å²) in [4.78, 5) is 22.9. The summed E-state index contributed by atoms with van der Waals surface area (Å²) in [5, 5.41) is 0. The van der Waals surface area contributed by atoms with Gasteiger partial charge in [-0.2, -0.15) is 0 Å². The largest absolute Gasteiger partial charge is 0.369 e. The number of hydrogen-bond donors (Lipinski definition) is 1. The van der Waals surface area contributed by atoms with Crippen molar-refractivity contribution in [1.82, 2.24) is 0 Å². The normalized spacial score (nSPS) is 11.3. The summed E-state index contributed by atoms with van der Waals surface area (Å²) in [6, 6.07) is 13.1. The number of benzene rings is 2. The van der Waals surface area contributed by atoms with Gasteiger partial charge in [-0.1, -0.05) is 42.2 Å². The molecule has 0 unspecified atom stereocenters. The first kappa shape index (κ1) is 12.2. The molecule has 0 heterocycles. The van der Waals surface area contributed by atoms with Gasteiger partial charge in [-0.15, -0.1) is 0 Å². The molecule has 0 fully saturated rings. The van der Waals surface area contributed by atoms with Crippen molar-refractivity contribution < 1.29 is 9.59 Å². The zero-order chi connectivity index (χ0) is 14.1. The number of primary amides is 1. The highest BCUT2D eigenvalue weighted by Gasteiger charge is 2.25. The van der Waals surface area contributed by atoms with E-state index in [9.17, 15) is 9.59 Å². The fraction of sp³-hybridized carbons (Fsp3) is 0.0588. The van der Waals surface area contributed by atoms with E-state index in [2.05, 4.69) is 11.8 Å². The van der Waals surface area contributed by atoms with Crippen LogP contribution in [0.15, 0.2) is 42.5 Å². The van der Waals surface area contributed by atoms with Crippen molar-refractivity contribution in [3.8, 4) is 23.0 Å². The molecule has 0 saturated heterocycles. The number of rotatable bonds is 1. The molecule has 0 radical (unpaired) electrons. The summed E-state index contributed by atoms with van der Waals surface area (Å²) in [6.07, 6.45) is 0.0191. The van der Waals surface area contributed by atoms with Crippen molar-refractivity contribution >= 4 is 11.7 Å². The molecule has 0 saturated carbocycles. The van der Waals surface area contributed by atoms with Crippen LogP contribution >= 0.6 is 0 Å². The van der Waals surface area contributed by atoms with E-state index in [-0.39, 0.29) is 12.2 Å². The average Bonchev–Trinajstić information content (AvgIpc) is 2.73. The predicted octanol–water partition coefficient (Wildman–Crippen LogP) is 2.12. The maximum Gasteiger partial charge on any atom is 0.229 e. The maximum absolute atomic E-state index is 12.3. The Hall–Kier alpha value is -2.86. The van der Waals surface area contributed by atoms with Crippen LogP contribution in [0.25, 0.3) is 11.1 Å². The highest BCUT2D eigenvalue weighted by Crippen LogP contribution is 2.36. The molecular weight excluding hydrogens is 250 g/mol.